The molecule has 0 saturated carbocycles. The van der Waals surface area contributed by atoms with E-state index in [1.165, 1.54) is 18.2 Å². The van der Waals surface area contributed by atoms with E-state index >= 15 is 0 Å². The number of barbiturate groups is 1. The van der Waals surface area contributed by atoms with Gasteiger partial charge in [0, 0.05) is 5.02 Å². The molecule has 0 aliphatic carbocycles. The Morgan fingerprint density at radius 1 is 0.944 bits per heavy atom. The number of amides is 4. The lowest BCUT2D eigenvalue weighted by molar-refractivity contribution is -0.122. The van der Waals surface area contributed by atoms with Crippen LogP contribution in [0.4, 0.5) is 14.9 Å². The first-order chi connectivity index (χ1) is 17.3. The van der Waals surface area contributed by atoms with Gasteiger partial charge in [-0.1, -0.05) is 66.2 Å². The number of carbonyl (C=O) groups excluding carboxylic acids is 3. The SMILES string of the molecule is Cc1c(Cl)cccc1N1C(=O)NC(=O)/C(=C\c2c(Cc3cccc(F)c3)ccc3ccccc23)C1=O. The van der Waals surface area contributed by atoms with Gasteiger partial charge in [0.15, 0.2) is 0 Å². The van der Waals surface area contributed by atoms with Crippen LogP contribution in [0.25, 0.3) is 16.8 Å². The molecule has 0 atom stereocenters. The number of nitrogens with one attached hydrogen (secondary N) is 1. The number of rotatable bonds is 4. The van der Waals surface area contributed by atoms with E-state index in [0.717, 1.165) is 26.8 Å². The zero-order chi connectivity index (χ0) is 25.4. The average molecular weight is 499 g/mol. The van der Waals surface area contributed by atoms with Gasteiger partial charge in [-0.05, 0) is 76.7 Å². The molecule has 178 valence electrons. The van der Waals surface area contributed by atoms with Crippen LogP contribution in [0.3, 0.4) is 0 Å². The predicted octanol–water partition coefficient (Wildman–Crippen LogP) is 6.20. The highest BCUT2D eigenvalue weighted by molar-refractivity contribution is 6.40. The Bertz CT molecular complexity index is 1600. The predicted molar refractivity (Wildman–Crippen MR) is 138 cm³/mol. The van der Waals surface area contributed by atoms with Crippen molar-refractivity contribution >= 4 is 52.0 Å². The molecule has 1 N–H and O–H groups in total. The van der Waals surface area contributed by atoms with Gasteiger partial charge < -0.3 is 0 Å². The Labute approximate surface area is 211 Å². The number of benzene rings is 4. The molecule has 5 rings (SSSR count). The zero-order valence-corrected chi connectivity index (χ0v) is 20.0. The maximum atomic E-state index is 13.8. The zero-order valence-electron chi connectivity index (χ0n) is 19.2. The van der Waals surface area contributed by atoms with E-state index in [0.29, 0.717) is 28.3 Å². The van der Waals surface area contributed by atoms with Crippen molar-refractivity contribution in [3.63, 3.8) is 0 Å². The fourth-order valence-electron chi connectivity index (χ4n) is 4.39. The van der Waals surface area contributed by atoms with Gasteiger partial charge in [-0.2, -0.15) is 0 Å². The normalized spacial score (nSPS) is 15.0. The number of hydrogen-bond acceptors (Lipinski definition) is 3. The Kier molecular flexibility index (Phi) is 6.12. The highest BCUT2D eigenvalue weighted by atomic mass is 35.5. The summed E-state index contributed by atoms with van der Waals surface area (Å²) in [5.41, 5.74) is 2.83. The van der Waals surface area contributed by atoms with Crippen molar-refractivity contribution in [2.45, 2.75) is 13.3 Å². The molecule has 4 aromatic rings. The summed E-state index contributed by atoms with van der Waals surface area (Å²) in [6.45, 7) is 1.69. The Morgan fingerprint density at radius 2 is 1.72 bits per heavy atom. The minimum Gasteiger partial charge on any atom is -0.273 e. The van der Waals surface area contributed by atoms with Crippen molar-refractivity contribution in [3.8, 4) is 0 Å². The first-order valence-corrected chi connectivity index (χ1v) is 11.6. The fraction of sp³-hybridized carbons (Fsp3) is 0.0690. The molecular weight excluding hydrogens is 479 g/mol. The minimum atomic E-state index is -0.842. The molecule has 1 heterocycles. The summed E-state index contributed by atoms with van der Waals surface area (Å²) in [6.07, 6.45) is 1.89. The third kappa shape index (κ3) is 4.27. The first-order valence-electron chi connectivity index (χ1n) is 11.2. The molecule has 1 saturated heterocycles. The lowest BCUT2D eigenvalue weighted by Gasteiger charge is -2.28. The van der Waals surface area contributed by atoms with Gasteiger partial charge in [0.05, 0.1) is 5.69 Å². The van der Waals surface area contributed by atoms with Crippen LogP contribution in [-0.4, -0.2) is 17.8 Å². The van der Waals surface area contributed by atoms with Crippen molar-refractivity contribution in [2.75, 3.05) is 4.90 Å². The molecule has 1 aliphatic heterocycles. The van der Waals surface area contributed by atoms with Gasteiger partial charge in [-0.15, -0.1) is 0 Å². The van der Waals surface area contributed by atoms with Crippen molar-refractivity contribution in [2.24, 2.45) is 0 Å². The van der Waals surface area contributed by atoms with E-state index in [-0.39, 0.29) is 11.4 Å². The standard InChI is InChI=1S/C29H20ClFN2O3/c1-17-25(30)10-5-11-26(17)33-28(35)24(27(34)32-29(33)36)16-23-20(14-18-6-4-8-21(31)15-18)13-12-19-7-2-3-9-22(19)23/h2-13,15-16H,14H2,1H3,(H,32,34,36)/b24-16+. The van der Waals surface area contributed by atoms with E-state index in [4.69, 9.17) is 11.6 Å². The highest BCUT2D eigenvalue weighted by Gasteiger charge is 2.37. The first kappa shape index (κ1) is 23.5. The van der Waals surface area contributed by atoms with Crippen LogP contribution in [0.2, 0.25) is 5.02 Å². The summed E-state index contributed by atoms with van der Waals surface area (Å²) in [5, 5.41) is 4.39. The quantitative estimate of drug-likeness (QED) is 0.269. The van der Waals surface area contributed by atoms with Crippen molar-refractivity contribution in [3.05, 3.63) is 118 Å². The molecule has 7 heteroatoms. The molecule has 0 unspecified atom stereocenters. The number of nitrogens with zero attached hydrogens (tertiary/aromatic N) is 1. The molecule has 4 amide bonds. The Hall–Kier alpha value is -4.29. The molecule has 0 radical (unpaired) electrons. The largest absolute Gasteiger partial charge is 0.335 e. The smallest absolute Gasteiger partial charge is 0.273 e. The van der Waals surface area contributed by atoms with Crippen LogP contribution in [-0.2, 0) is 16.0 Å². The van der Waals surface area contributed by atoms with Crippen molar-refractivity contribution < 1.29 is 18.8 Å². The molecule has 1 fully saturated rings. The Morgan fingerprint density at radius 3 is 2.53 bits per heavy atom. The number of carbonyl (C=O) groups is 3. The minimum absolute atomic E-state index is 0.189. The third-order valence-electron chi connectivity index (χ3n) is 6.21. The van der Waals surface area contributed by atoms with Crippen LogP contribution in [0.5, 0.6) is 0 Å². The number of urea groups is 1. The Balaban J connectivity index is 1.66. The van der Waals surface area contributed by atoms with Gasteiger partial charge in [-0.3, -0.25) is 14.9 Å². The third-order valence-corrected chi connectivity index (χ3v) is 6.62. The van der Waals surface area contributed by atoms with E-state index in [1.54, 1.807) is 31.2 Å². The highest BCUT2D eigenvalue weighted by Crippen LogP contribution is 2.31. The summed E-state index contributed by atoms with van der Waals surface area (Å²) in [4.78, 5) is 40.0. The summed E-state index contributed by atoms with van der Waals surface area (Å²) in [7, 11) is 0. The van der Waals surface area contributed by atoms with Gasteiger partial charge in [-0.25, -0.2) is 14.1 Å². The monoisotopic (exact) mass is 498 g/mol. The second kappa shape index (κ2) is 9.40. The van der Waals surface area contributed by atoms with Gasteiger partial charge in [0.2, 0.25) is 0 Å². The molecule has 0 bridgehead atoms. The van der Waals surface area contributed by atoms with Crippen LogP contribution >= 0.6 is 11.6 Å². The maximum absolute atomic E-state index is 13.8. The number of hydrogen-bond donors (Lipinski definition) is 1. The molecule has 1 aliphatic rings. The summed E-state index contributed by atoms with van der Waals surface area (Å²) in [6, 6.07) is 21.7. The molecule has 0 spiro atoms. The van der Waals surface area contributed by atoms with Crippen LogP contribution in [0.15, 0.2) is 84.4 Å². The molecule has 0 aromatic heterocycles. The summed E-state index contributed by atoms with van der Waals surface area (Å²) < 4.78 is 13.8. The topological polar surface area (TPSA) is 66.5 Å². The molecule has 36 heavy (non-hydrogen) atoms. The van der Waals surface area contributed by atoms with Crippen LogP contribution in [0.1, 0.15) is 22.3 Å². The average Bonchev–Trinajstić information content (AvgIpc) is 2.85. The molecular formula is C29H20ClFN2O3. The van der Waals surface area contributed by atoms with E-state index in [1.807, 2.05) is 42.5 Å². The lowest BCUT2D eigenvalue weighted by Crippen LogP contribution is -2.54. The second-order valence-corrected chi connectivity index (χ2v) is 8.92. The lowest BCUT2D eigenvalue weighted by atomic mass is 9.92. The second-order valence-electron chi connectivity index (χ2n) is 8.51. The van der Waals surface area contributed by atoms with Crippen molar-refractivity contribution in [1.82, 2.24) is 5.32 Å². The number of halogens is 2. The van der Waals surface area contributed by atoms with E-state index < -0.39 is 17.8 Å². The summed E-state index contributed by atoms with van der Waals surface area (Å²) in [5.74, 6) is -1.88. The van der Waals surface area contributed by atoms with E-state index in [9.17, 15) is 18.8 Å². The van der Waals surface area contributed by atoms with Crippen LogP contribution in [0, 0.1) is 12.7 Å². The number of fused-ring (bicyclic) bond motifs is 1. The molecule has 5 nitrogen and oxygen atoms in total. The number of imide groups is 2. The fourth-order valence-corrected chi connectivity index (χ4v) is 4.56. The summed E-state index contributed by atoms with van der Waals surface area (Å²) >= 11 is 6.22. The molecule has 4 aromatic carbocycles. The maximum Gasteiger partial charge on any atom is 0.335 e. The van der Waals surface area contributed by atoms with Crippen molar-refractivity contribution in [1.29, 1.82) is 0 Å². The van der Waals surface area contributed by atoms with Crippen LogP contribution < -0.4 is 10.2 Å². The number of anilines is 1. The van der Waals surface area contributed by atoms with Gasteiger partial charge >= 0.3 is 6.03 Å². The van der Waals surface area contributed by atoms with Gasteiger partial charge in [0.25, 0.3) is 11.8 Å². The van der Waals surface area contributed by atoms with E-state index in [2.05, 4.69) is 5.32 Å². The van der Waals surface area contributed by atoms with Gasteiger partial charge in [0.1, 0.15) is 11.4 Å².